The van der Waals surface area contributed by atoms with Crippen LogP contribution < -0.4 is 0 Å². The van der Waals surface area contributed by atoms with Gasteiger partial charge in [0.15, 0.2) is 0 Å². The third-order valence-electron chi connectivity index (χ3n) is 6.35. The molecular weight excluding hydrogens is 232 g/mol. The van der Waals surface area contributed by atoms with Gasteiger partial charge in [0.1, 0.15) is 0 Å². The Morgan fingerprint density at radius 3 is 2.79 bits per heavy atom. The Labute approximate surface area is 116 Å². The fourth-order valence-electron chi connectivity index (χ4n) is 5.62. The van der Waals surface area contributed by atoms with E-state index in [1.807, 2.05) is 0 Å². The zero-order chi connectivity index (χ0) is 13.2. The summed E-state index contributed by atoms with van der Waals surface area (Å²) in [5.74, 6) is 3.08. The van der Waals surface area contributed by atoms with E-state index >= 15 is 0 Å². The van der Waals surface area contributed by atoms with Gasteiger partial charge in [-0.3, -0.25) is 0 Å². The largest absolute Gasteiger partial charge is 0.385 e. The Kier molecular flexibility index (Phi) is 2.42. The van der Waals surface area contributed by atoms with Crippen molar-refractivity contribution in [3.05, 3.63) is 34.9 Å². The van der Waals surface area contributed by atoms with Gasteiger partial charge in [0, 0.05) is 0 Å². The summed E-state index contributed by atoms with van der Waals surface area (Å²) in [6, 6.07) is 6.58. The van der Waals surface area contributed by atoms with E-state index in [-0.39, 0.29) is 0 Å². The number of aryl methyl sites for hydroxylation is 2. The smallest absolute Gasteiger partial charge is 0.0932 e. The van der Waals surface area contributed by atoms with Crippen LogP contribution in [0.25, 0.3) is 0 Å². The quantitative estimate of drug-likeness (QED) is 0.806. The highest BCUT2D eigenvalue weighted by molar-refractivity contribution is 5.37. The van der Waals surface area contributed by atoms with Gasteiger partial charge in [-0.2, -0.15) is 0 Å². The first-order valence-electron chi connectivity index (χ1n) is 7.90. The molecule has 1 aromatic carbocycles. The van der Waals surface area contributed by atoms with Crippen LogP contribution in [0.3, 0.4) is 0 Å². The lowest BCUT2D eigenvalue weighted by Gasteiger charge is -2.40. The summed E-state index contributed by atoms with van der Waals surface area (Å²) >= 11 is 0. The van der Waals surface area contributed by atoms with Gasteiger partial charge >= 0.3 is 0 Å². The molecule has 0 heterocycles. The number of hydrogen-bond acceptors (Lipinski definition) is 1. The van der Waals surface area contributed by atoms with Crippen molar-refractivity contribution in [3.63, 3.8) is 0 Å². The maximum atomic E-state index is 11.4. The average molecular weight is 256 g/mol. The van der Waals surface area contributed by atoms with Gasteiger partial charge in [-0.15, -0.1) is 0 Å². The minimum atomic E-state index is -0.522. The lowest BCUT2D eigenvalue weighted by Crippen LogP contribution is -2.39. The van der Waals surface area contributed by atoms with E-state index in [0.717, 1.165) is 24.2 Å². The third kappa shape index (κ3) is 1.51. The van der Waals surface area contributed by atoms with E-state index in [1.165, 1.54) is 42.4 Å². The molecule has 3 fully saturated rings. The highest BCUT2D eigenvalue weighted by atomic mass is 16.3. The lowest BCUT2D eigenvalue weighted by atomic mass is 9.69. The van der Waals surface area contributed by atoms with Crippen LogP contribution in [0, 0.1) is 37.5 Å². The average Bonchev–Trinajstić information content (AvgIpc) is 3.02. The molecule has 3 aliphatic carbocycles. The molecule has 5 unspecified atom stereocenters. The summed E-state index contributed by atoms with van der Waals surface area (Å²) in [5.41, 5.74) is 3.26. The number of hydrogen-bond donors (Lipinski definition) is 1. The monoisotopic (exact) mass is 256 g/mol. The third-order valence-corrected chi connectivity index (χ3v) is 6.35. The van der Waals surface area contributed by atoms with E-state index < -0.39 is 5.60 Å². The molecule has 3 saturated carbocycles. The van der Waals surface area contributed by atoms with Crippen molar-refractivity contribution >= 4 is 0 Å². The van der Waals surface area contributed by atoms with Crippen molar-refractivity contribution in [3.8, 4) is 0 Å². The first-order chi connectivity index (χ1) is 9.09. The van der Waals surface area contributed by atoms with Crippen LogP contribution in [0.4, 0.5) is 0 Å². The maximum Gasteiger partial charge on any atom is 0.0932 e. The van der Waals surface area contributed by atoms with Crippen molar-refractivity contribution in [2.24, 2.45) is 23.7 Å². The van der Waals surface area contributed by atoms with Crippen LogP contribution in [-0.2, 0) is 5.60 Å². The molecule has 0 radical (unpaired) electrons. The van der Waals surface area contributed by atoms with Crippen LogP contribution in [0.15, 0.2) is 18.2 Å². The molecule has 3 aliphatic rings. The van der Waals surface area contributed by atoms with Gasteiger partial charge in [0.05, 0.1) is 5.60 Å². The zero-order valence-corrected chi connectivity index (χ0v) is 12.0. The number of fused-ring (bicyclic) bond motifs is 5. The summed E-state index contributed by atoms with van der Waals surface area (Å²) in [5, 5.41) is 11.4. The lowest BCUT2D eigenvalue weighted by molar-refractivity contribution is -0.0517. The normalized spacial score (nSPS) is 43.7. The summed E-state index contributed by atoms with van der Waals surface area (Å²) in [7, 11) is 0. The summed E-state index contributed by atoms with van der Waals surface area (Å²) in [6.07, 6.45) is 6.47. The van der Waals surface area contributed by atoms with Crippen LogP contribution in [0.2, 0.25) is 0 Å². The van der Waals surface area contributed by atoms with Crippen LogP contribution in [0.5, 0.6) is 0 Å². The molecule has 5 atom stereocenters. The Hall–Kier alpha value is -0.820. The number of benzene rings is 1. The predicted molar refractivity (Wildman–Crippen MR) is 76.9 cm³/mol. The minimum absolute atomic E-state index is 0.522. The highest BCUT2D eigenvalue weighted by Crippen LogP contribution is 2.65. The van der Waals surface area contributed by atoms with E-state index in [1.54, 1.807) is 0 Å². The molecule has 0 amide bonds. The highest BCUT2D eigenvalue weighted by Gasteiger charge is 2.61. The first-order valence-corrected chi connectivity index (χ1v) is 7.90. The molecule has 1 aromatic rings. The van der Waals surface area contributed by atoms with Gasteiger partial charge in [-0.1, -0.05) is 30.2 Å². The van der Waals surface area contributed by atoms with Gasteiger partial charge in [-0.25, -0.2) is 0 Å². The topological polar surface area (TPSA) is 20.2 Å². The predicted octanol–water partition coefficient (Wildman–Crippen LogP) is 3.95. The molecule has 1 N–H and O–H groups in total. The second kappa shape index (κ2) is 3.85. The number of aliphatic hydroxyl groups is 1. The second-order valence-corrected chi connectivity index (χ2v) is 7.31. The van der Waals surface area contributed by atoms with Crippen LogP contribution >= 0.6 is 0 Å². The summed E-state index contributed by atoms with van der Waals surface area (Å²) in [6.45, 7) is 4.29. The molecule has 4 rings (SSSR count). The van der Waals surface area contributed by atoms with E-state index in [0.29, 0.717) is 5.92 Å². The first kappa shape index (κ1) is 12.0. The van der Waals surface area contributed by atoms with Gasteiger partial charge in [0.25, 0.3) is 0 Å². The molecule has 0 aliphatic heterocycles. The van der Waals surface area contributed by atoms with Crippen molar-refractivity contribution in [1.29, 1.82) is 0 Å². The Morgan fingerprint density at radius 2 is 1.95 bits per heavy atom. The molecular formula is C18H24O. The maximum absolute atomic E-state index is 11.4. The van der Waals surface area contributed by atoms with Crippen molar-refractivity contribution in [2.45, 2.75) is 51.6 Å². The Bertz CT molecular complexity index is 520. The van der Waals surface area contributed by atoms with Crippen molar-refractivity contribution < 1.29 is 5.11 Å². The Balaban J connectivity index is 1.77. The molecule has 1 heteroatoms. The van der Waals surface area contributed by atoms with E-state index in [2.05, 4.69) is 32.0 Å². The van der Waals surface area contributed by atoms with Gasteiger partial charge < -0.3 is 5.11 Å². The van der Waals surface area contributed by atoms with E-state index in [4.69, 9.17) is 0 Å². The fourth-order valence-corrected chi connectivity index (χ4v) is 5.62. The molecule has 0 aromatic heterocycles. The standard InChI is InChI=1S/C18H24O/c1-11-6-7-12(2)16(8-11)18(19)10-13-9-17(18)15-5-3-4-14(13)15/h6-8,13-15,17,19H,3-5,9-10H2,1-2H3. The molecule has 2 bridgehead atoms. The summed E-state index contributed by atoms with van der Waals surface area (Å²) < 4.78 is 0. The Morgan fingerprint density at radius 1 is 1.16 bits per heavy atom. The fraction of sp³-hybridized carbons (Fsp3) is 0.667. The van der Waals surface area contributed by atoms with Crippen molar-refractivity contribution in [2.75, 3.05) is 0 Å². The number of rotatable bonds is 1. The molecule has 19 heavy (non-hydrogen) atoms. The molecule has 0 spiro atoms. The van der Waals surface area contributed by atoms with Crippen molar-refractivity contribution in [1.82, 2.24) is 0 Å². The summed E-state index contributed by atoms with van der Waals surface area (Å²) in [4.78, 5) is 0. The van der Waals surface area contributed by atoms with Crippen LogP contribution in [0.1, 0.15) is 48.8 Å². The van der Waals surface area contributed by atoms with E-state index in [9.17, 15) is 5.11 Å². The second-order valence-electron chi connectivity index (χ2n) is 7.31. The van der Waals surface area contributed by atoms with Gasteiger partial charge in [0.2, 0.25) is 0 Å². The minimum Gasteiger partial charge on any atom is -0.385 e. The SMILES string of the molecule is Cc1ccc(C)c(C2(O)CC3CC2C2CCCC32)c1. The molecule has 102 valence electrons. The molecule has 1 nitrogen and oxygen atoms in total. The van der Waals surface area contributed by atoms with Crippen LogP contribution in [-0.4, -0.2) is 5.11 Å². The van der Waals surface area contributed by atoms with Gasteiger partial charge in [-0.05, 0) is 74.3 Å². The zero-order valence-electron chi connectivity index (χ0n) is 12.0. The molecule has 0 saturated heterocycles.